The fourth-order valence-electron chi connectivity index (χ4n) is 5.13. The smallest absolute Gasteiger partial charge is 0.407 e. The zero-order chi connectivity index (χ0) is 24.9. The summed E-state index contributed by atoms with van der Waals surface area (Å²) in [5.41, 5.74) is 4.08. The Bertz CT molecular complexity index is 1040. The Morgan fingerprint density at radius 1 is 1.00 bits per heavy atom. The molecule has 0 aromatic heterocycles. The van der Waals surface area contributed by atoms with Gasteiger partial charge in [0, 0.05) is 18.4 Å². The normalized spacial score (nSPS) is 16.0. The highest BCUT2D eigenvalue weighted by molar-refractivity contribution is 5.88. The van der Waals surface area contributed by atoms with Crippen LogP contribution in [0.1, 0.15) is 49.1 Å². The Balaban J connectivity index is 1.45. The molecule has 0 aliphatic heterocycles. The van der Waals surface area contributed by atoms with E-state index in [1.54, 1.807) is 0 Å². The van der Waals surface area contributed by atoms with Gasteiger partial charge in [-0.25, -0.2) is 13.6 Å². The Morgan fingerprint density at radius 3 is 2.11 bits per heavy atom. The number of nitrogens with one attached hydrogen (secondary N) is 1. The molecule has 0 saturated heterocycles. The number of carbonyl (C=O) groups is 3. The predicted molar refractivity (Wildman–Crippen MR) is 124 cm³/mol. The van der Waals surface area contributed by atoms with Crippen molar-refractivity contribution in [2.45, 2.75) is 56.5 Å². The molecule has 186 valence electrons. The molecule has 0 radical (unpaired) electrons. The first-order chi connectivity index (χ1) is 16.8. The van der Waals surface area contributed by atoms with Crippen LogP contribution >= 0.6 is 0 Å². The van der Waals surface area contributed by atoms with E-state index in [-0.39, 0.29) is 18.6 Å². The van der Waals surface area contributed by atoms with Crippen LogP contribution in [0.25, 0.3) is 11.1 Å². The first-order valence-corrected chi connectivity index (χ1v) is 11.8. The van der Waals surface area contributed by atoms with E-state index in [1.807, 2.05) is 48.5 Å². The third-order valence-electron chi connectivity index (χ3n) is 6.70. The molecule has 2 N–H and O–H groups in total. The summed E-state index contributed by atoms with van der Waals surface area (Å²) in [6.45, 7) is -0.632. The standard InChI is InChI=1S/C26H28F2N2O5/c27-23(28)13-22(25(33)30(14-24(31)32)16-7-1-2-8-16)29-26(34)35-15-21-19-11-5-3-9-17(19)18-10-4-6-12-20(18)21/h3-6,9-12,16,21-23H,1-2,7-8,13-15H2,(H,29,34)(H,31,32). The van der Waals surface area contributed by atoms with Crippen molar-refractivity contribution in [3.8, 4) is 11.1 Å². The van der Waals surface area contributed by atoms with E-state index in [2.05, 4.69) is 5.32 Å². The molecule has 0 heterocycles. The molecule has 7 nitrogen and oxygen atoms in total. The molecule has 0 bridgehead atoms. The van der Waals surface area contributed by atoms with Gasteiger partial charge in [0.25, 0.3) is 0 Å². The summed E-state index contributed by atoms with van der Waals surface area (Å²) in [6.07, 6.45) is -1.93. The summed E-state index contributed by atoms with van der Waals surface area (Å²) < 4.78 is 32.0. The number of carbonyl (C=O) groups excluding carboxylic acids is 2. The summed E-state index contributed by atoms with van der Waals surface area (Å²) in [6, 6.07) is 13.6. The van der Waals surface area contributed by atoms with Gasteiger partial charge in [-0.15, -0.1) is 0 Å². The van der Waals surface area contributed by atoms with Crippen molar-refractivity contribution in [2.24, 2.45) is 0 Å². The van der Waals surface area contributed by atoms with Gasteiger partial charge < -0.3 is 20.1 Å². The van der Waals surface area contributed by atoms with Crippen molar-refractivity contribution in [3.05, 3.63) is 59.7 Å². The molecule has 2 aromatic carbocycles. The summed E-state index contributed by atoms with van der Waals surface area (Å²) in [5.74, 6) is -2.28. The van der Waals surface area contributed by atoms with Crippen LogP contribution < -0.4 is 5.32 Å². The maximum atomic E-state index is 13.3. The van der Waals surface area contributed by atoms with Crippen molar-refractivity contribution in [1.82, 2.24) is 10.2 Å². The number of halogens is 2. The number of benzene rings is 2. The SMILES string of the molecule is O=C(O)CN(C(=O)C(CC(F)F)NC(=O)OCC1c2ccccc2-c2ccccc21)C1CCCC1. The van der Waals surface area contributed by atoms with E-state index in [0.717, 1.165) is 40.0 Å². The maximum absolute atomic E-state index is 13.3. The van der Waals surface area contributed by atoms with Gasteiger partial charge >= 0.3 is 12.1 Å². The summed E-state index contributed by atoms with van der Waals surface area (Å²) in [4.78, 5) is 38.1. The van der Waals surface area contributed by atoms with Crippen molar-refractivity contribution >= 4 is 18.0 Å². The molecule has 1 saturated carbocycles. The zero-order valence-electron chi connectivity index (χ0n) is 19.2. The van der Waals surface area contributed by atoms with E-state index in [9.17, 15) is 28.3 Å². The number of rotatable bonds is 9. The monoisotopic (exact) mass is 486 g/mol. The first kappa shape index (κ1) is 24.6. The molecule has 2 aliphatic carbocycles. The van der Waals surface area contributed by atoms with Gasteiger partial charge in [0.2, 0.25) is 12.3 Å². The average Bonchev–Trinajstić information content (AvgIpc) is 3.47. The number of aliphatic carboxylic acids is 1. The van der Waals surface area contributed by atoms with Crippen LogP contribution in [0.3, 0.4) is 0 Å². The predicted octanol–water partition coefficient (Wildman–Crippen LogP) is 4.40. The first-order valence-electron chi connectivity index (χ1n) is 11.8. The van der Waals surface area contributed by atoms with Crippen LogP contribution in [0.4, 0.5) is 13.6 Å². The van der Waals surface area contributed by atoms with Gasteiger partial charge in [-0.2, -0.15) is 0 Å². The number of fused-ring (bicyclic) bond motifs is 3. The van der Waals surface area contributed by atoms with Crippen molar-refractivity contribution in [2.75, 3.05) is 13.2 Å². The number of hydrogen-bond acceptors (Lipinski definition) is 4. The fourth-order valence-corrected chi connectivity index (χ4v) is 5.13. The topological polar surface area (TPSA) is 95.9 Å². The van der Waals surface area contributed by atoms with Gasteiger partial charge in [-0.3, -0.25) is 9.59 Å². The maximum Gasteiger partial charge on any atom is 0.407 e. The summed E-state index contributed by atoms with van der Waals surface area (Å²) in [7, 11) is 0. The summed E-state index contributed by atoms with van der Waals surface area (Å²) >= 11 is 0. The second-order valence-electron chi connectivity index (χ2n) is 8.95. The molecular weight excluding hydrogens is 458 g/mol. The van der Waals surface area contributed by atoms with Gasteiger partial charge in [-0.05, 0) is 35.1 Å². The molecule has 2 aliphatic rings. The Hall–Kier alpha value is -3.49. The third-order valence-corrected chi connectivity index (χ3v) is 6.70. The fraction of sp³-hybridized carbons (Fsp3) is 0.423. The molecule has 2 amide bonds. The Labute approximate surface area is 202 Å². The number of hydrogen-bond donors (Lipinski definition) is 2. The third kappa shape index (κ3) is 5.61. The molecule has 4 rings (SSSR count). The van der Waals surface area contributed by atoms with Gasteiger partial charge in [0.05, 0.1) is 0 Å². The van der Waals surface area contributed by atoms with E-state index >= 15 is 0 Å². The number of ether oxygens (including phenoxy) is 1. The second-order valence-corrected chi connectivity index (χ2v) is 8.95. The van der Waals surface area contributed by atoms with E-state index in [0.29, 0.717) is 12.8 Å². The zero-order valence-corrected chi connectivity index (χ0v) is 19.2. The number of nitrogens with zero attached hydrogens (tertiary/aromatic N) is 1. The molecular formula is C26H28F2N2O5. The molecule has 1 fully saturated rings. The van der Waals surface area contributed by atoms with Crippen LogP contribution in [-0.2, 0) is 14.3 Å². The Morgan fingerprint density at radius 2 is 1.57 bits per heavy atom. The van der Waals surface area contributed by atoms with Gasteiger partial charge in [0.15, 0.2) is 0 Å². The van der Waals surface area contributed by atoms with E-state index in [1.165, 1.54) is 0 Å². The molecule has 2 aromatic rings. The van der Waals surface area contributed by atoms with Crippen LogP contribution in [-0.4, -0.2) is 59.6 Å². The number of carboxylic acid groups (broad SMARTS) is 1. The highest BCUT2D eigenvalue weighted by Gasteiger charge is 2.36. The molecule has 35 heavy (non-hydrogen) atoms. The van der Waals surface area contributed by atoms with Crippen molar-refractivity contribution < 1.29 is 33.0 Å². The lowest BCUT2D eigenvalue weighted by atomic mass is 9.98. The minimum absolute atomic E-state index is 0.0308. The molecule has 1 atom stereocenters. The van der Waals surface area contributed by atoms with E-state index in [4.69, 9.17) is 4.74 Å². The lowest BCUT2D eigenvalue weighted by Gasteiger charge is -2.31. The van der Waals surface area contributed by atoms with Gasteiger partial charge in [-0.1, -0.05) is 61.4 Å². The van der Waals surface area contributed by atoms with Crippen LogP contribution in [0.15, 0.2) is 48.5 Å². The number of alkyl halides is 2. The van der Waals surface area contributed by atoms with Crippen LogP contribution in [0.5, 0.6) is 0 Å². The number of carboxylic acids is 1. The average molecular weight is 487 g/mol. The minimum Gasteiger partial charge on any atom is -0.480 e. The lowest BCUT2D eigenvalue weighted by Crippen LogP contribution is -2.53. The van der Waals surface area contributed by atoms with Crippen molar-refractivity contribution in [1.29, 1.82) is 0 Å². The highest BCUT2D eigenvalue weighted by atomic mass is 19.3. The number of amides is 2. The second kappa shape index (κ2) is 10.8. The van der Waals surface area contributed by atoms with Crippen LogP contribution in [0, 0.1) is 0 Å². The van der Waals surface area contributed by atoms with Gasteiger partial charge in [0.1, 0.15) is 19.2 Å². The summed E-state index contributed by atoms with van der Waals surface area (Å²) in [5, 5.41) is 11.5. The van der Waals surface area contributed by atoms with Crippen molar-refractivity contribution in [3.63, 3.8) is 0 Å². The molecule has 9 heteroatoms. The lowest BCUT2D eigenvalue weighted by molar-refractivity contribution is -0.147. The molecule has 1 unspecified atom stereocenters. The number of alkyl carbamates (subject to hydrolysis) is 1. The highest BCUT2D eigenvalue weighted by Crippen LogP contribution is 2.44. The van der Waals surface area contributed by atoms with E-state index < -0.39 is 43.4 Å². The molecule has 0 spiro atoms. The minimum atomic E-state index is -2.87. The Kier molecular flexibility index (Phi) is 7.63. The van der Waals surface area contributed by atoms with Crippen LogP contribution in [0.2, 0.25) is 0 Å². The largest absolute Gasteiger partial charge is 0.480 e. The quantitative estimate of drug-likeness (QED) is 0.548.